The highest BCUT2D eigenvalue weighted by Crippen LogP contribution is 2.17. The molecule has 14 heavy (non-hydrogen) atoms. The van der Waals surface area contributed by atoms with E-state index in [-0.39, 0.29) is 17.5 Å². The summed E-state index contributed by atoms with van der Waals surface area (Å²) in [5.41, 5.74) is 0. The van der Waals surface area contributed by atoms with E-state index in [0.29, 0.717) is 13.0 Å². The number of halogens is 1. The first-order valence-electron chi connectivity index (χ1n) is 4.39. The van der Waals surface area contributed by atoms with Crippen LogP contribution in [0.2, 0.25) is 0 Å². The second kappa shape index (κ2) is 4.47. The number of hydrogen-bond acceptors (Lipinski definition) is 4. The zero-order valence-corrected chi connectivity index (χ0v) is 9.55. The zero-order valence-electron chi connectivity index (χ0n) is 7.98. The van der Waals surface area contributed by atoms with Crippen molar-refractivity contribution in [2.24, 2.45) is 0 Å². The molecule has 0 N–H and O–H groups in total. The van der Waals surface area contributed by atoms with Crippen LogP contribution in [0.25, 0.3) is 0 Å². The number of rotatable bonds is 3. The summed E-state index contributed by atoms with van der Waals surface area (Å²) in [4.78, 5) is 1.85. The summed E-state index contributed by atoms with van der Waals surface area (Å²) in [7, 11) is -1.05. The minimum absolute atomic E-state index is 0.0228. The normalized spacial score (nSPS) is 27.4. The number of nitriles is 1. The molecule has 0 bridgehead atoms. The topological polar surface area (TPSA) is 61.2 Å². The van der Waals surface area contributed by atoms with Gasteiger partial charge in [-0.15, -0.1) is 11.6 Å². The van der Waals surface area contributed by atoms with E-state index in [0.717, 1.165) is 0 Å². The van der Waals surface area contributed by atoms with E-state index in [1.54, 1.807) is 7.05 Å². The molecule has 0 radical (unpaired) electrons. The molecule has 1 saturated heterocycles. The van der Waals surface area contributed by atoms with Crippen molar-refractivity contribution in [1.82, 2.24) is 4.90 Å². The third-order valence-corrected chi connectivity index (χ3v) is 4.41. The Morgan fingerprint density at radius 2 is 2.36 bits per heavy atom. The molecule has 0 spiro atoms. The van der Waals surface area contributed by atoms with E-state index in [1.165, 1.54) is 0 Å². The van der Waals surface area contributed by atoms with Crippen LogP contribution in [0.15, 0.2) is 0 Å². The third-order valence-electron chi connectivity index (χ3n) is 2.42. The molecule has 6 heteroatoms. The molecule has 0 amide bonds. The summed E-state index contributed by atoms with van der Waals surface area (Å²) >= 11 is 5.66. The highest BCUT2D eigenvalue weighted by molar-refractivity contribution is 7.91. The van der Waals surface area contributed by atoms with Crippen molar-refractivity contribution < 1.29 is 8.42 Å². The molecule has 2 atom stereocenters. The fourth-order valence-electron chi connectivity index (χ4n) is 1.57. The van der Waals surface area contributed by atoms with Gasteiger partial charge in [0.25, 0.3) is 0 Å². The van der Waals surface area contributed by atoms with Crippen LogP contribution in [-0.4, -0.2) is 49.8 Å². The summed E-state index contributed by atoms with van der Waals surface area (Å²) in [5.74, 6) is 0.444. The molecule has 2 unspecified atom stereocenters. The Balaban J connectivity index is 2.48. The predicted molar refractivity (Wildman–Crippen MR) is 54.9 cm³/mol. The van der Waals surface area contributed by atoms with E-state index in [2.05, 4.69) is 0 Å². The summed E-state index contributed by atoms with van der Waals surface area (Å²) in [6, 6.07) is 1.94. The van der Waals surface area contributed by atoms with E-state index in [4.69, 9.17) is 16.9 Å². The predicted octanol–water partition coefficient (Wildman–Crippen LogP) is 0.236. The Kier molecular flexibility index (Phi) is 3.76. The minimum Gasteiger partial charge on any atom is -0.300 e. The first-order valence-corrected chi connectivity index (χ1v) is 6.65. The molecule has 80 valence electrons. The van der Waals surface area contributed by atoms with Gasteiger partial charge in [-0.2, -0.15) is 5.26 Å². The number of nitrogens with zero attached hydrogens (tertiary/aromatic N) is 2. The van der Waals surface area contributed by atoms with Crippen molar-refractivity contribution in [3.63, 3.8) is 0 Å². The minimum atomic E-state index is -2.85. The molecule has 1 rings (SSSR count). The van der Waals surface area contributed by atoms with Crippen LogP contribution in [0, 0.1) is 11.3 Å². The molecule has 0 saturated carbocycles. The smallest absolute Gasteiger partial charge is 0.151 e. The first kappa shape index (κ1) is 11.8. The van der Waals surface area contributed by atoms with E-state index in [9.17, 15) is 8.42 Å². The zero-order chi connectivity index (χ0) is 10.8. The Morgan fingerprint density at radius 3 is 2.79 bits per heavy atom. The van der Waals surface area contributed by atoms with E-state index in [1.807, 2.05) is 11.0 Å². The van der Waals surface area contributed by atoms with Crippen LogP contribution in [0.3, 0.4) is 0 Å². The molecular weight excluding hydrogens is 224 g/mol. The summed E-state index contributed by atoms with van der Waals surface area (Å²) < 4.78 is 22.4. The van der Waals surface area contributed by atoms with Crippen LogP contribution < -0.4 is 0 Å². The van der Waals surface area contributed by atoms with Crippen molar-refractivity contribution in [3.8, 4) is 6.07 Å². The number of sulfone groups is 1. The largest absolute Gasteiger partial charge is 0.300 e. The molecule has 1 aliphatic heterocycles. The van der Waals surface area contributed by atoms with Gasteiger partial charge in [0, 0.05) is 12.6 Å². The van der Waals surface area contributed by atoms with Gasteiger partial charge in [0.1, 0.15) is 5.38 Å². The van der Waals surface area contributed by atoms with Crippen LogP contribution >= 0.6 is 11.6 Å². The average Bonchev–Trinajstić information content (AvgIpc) is 2.46. The van der Waals surface area contributed by atoms with Crippen molar-refractivity contribution in [2.45, 2.75) is 17.8 Å². The molecular formula is C8H13ClN2O2S. The lowest BCUT2D eigenvalue weighted by atomic mass is 10.2. The van der Waals surface area contributed by atoms with Gasteiger partial charge < -0.3 is 0 Å². The summed E-state index contributed by atoms with van der Waals surface area (Å²) in [6.07, 6.45) is 0.647. The maximum absolute atomic E-state index is 11.2. The molecule has 0 aliphatic carbocycles. The van der Waals surface area contributed by atoms with E-state index >= 15 is 0 Å². The maximum Gasteiger partial charge on any atom is 0.151 e. The summed E-state index contributed by atoms with van der Waals surface area (Å²) in [6.45, 7) is 0.415. The highest BCUT2D eigenvalue weighted by Gasteiger charge is 2.31. The van der Waals surface area contributed by atoms with Crippen molar-refractivity contribution in [2.75, 3.05) is 25.1 Å². The second-order valence-electron chi connectivity index (χ2n) is 3.59. The maximum atomic E-state index is 11.2. The molecule has 4 nitrogen and oxygen atoms in total. The first-order chi connectivity index (χ1) is 6.44. The SMILES string of the molecule is CN(CC(Cl)C#N)C1CCS(=O)(=O)C1. The number of hydrogen-bond donors (Lipinski definition) is 0. The quantitative estimate of drug-likeness (QED) is 0.659. The average molecular weight is 237 g/mol. The fourth-order valence-corrected chi connectivity index (χ4v) is 3.59. The molecule has 0 aromatic carbocycles. The molecule has 1 heterocycles. The van der Waals surface area contributed by atoms with Crippen molar-refractivity contribution >= 4 is 21.4 Å². The Hall–Kier alpha value is -0.310. The number of alkyl halides is 1. The molecule has 1 aliphatic rings. The van der Waals surface area contributed by atoms with Gasteiger partial charge in [0.15, 0.2) is 9.84 Å². The van der Waals surface area contributed by atoms with Crippen LogP contribution in [0.5, 0.6) is 0 Å². The van der Waals surface area contributed by atoms with Gasteiger partial charge in [-0.05, 0) is 13.5 Å². The van der Waals surface area contributed by atoms with Crippen LogP contribution in [0.1, 0.15) is 6.42 Å². The monoisotopic (exact) mass is 236 g/mol. The van der Waals surface area contributed by atoms with Gasteiger partial charge in [-0.3, -0.25) is 4.90 Å². The molecule has 0 aromatic heterocycles. The Morgan fingerprint density at radius 1 is 1.71 bits per heavy atom. The van der Waals surface area contributed by atoms with Crippen LogP contribution in [-0.2, 0) is 9.84 Å². The molecule has 1 fully saturated rings. The Labute approximate surface area is 89.4 Å². The van der Waals surface area contributed by atoms with Gasteiger partial charge in [-0.25, -0.2) is 8.42 Å². The lowest BCUT2D eigenvalue weighted by Gasteiger charge is -2.22. The Bertz CT molecular complexity index is 336. The van der Waals surface area contributed by atoms with Gasteiger partial charge in [0.2, 0.25) is 0 Å². The van der Waals surface area contributed by atoms with Crippen molar-refractivity contribution in [1.29, 1.82) is 5.26 Å². The second-order valence-corrected chi connectivity index (χ2v) is 6.35. The standard InChI is InChI=1S/C8H13ClN2O2S/c1-11(5-7(9)4-10)8-2-3-14(12,13)6-8/h7-8H,2-3,5-6H2,1H3. The van der Waals surface area contributed by atoms with E-state index < -0.39 is 15.2 Å². The van der Waals surface area contributed by atoms with Gasteiger partial charge in [-0.1, -0.05) is 0 Å². The van der Waals surface area contributed by atoms with Crippen LogP contribution in [0.4, 0.5) is 0 Å². The summed E-state index contributed by atoms with van der Waals surface area (Å²) in [5, 5.41) is 7.94. The van der Waals surface area contributed by atoms with Gasteiger partial charge in [0.05, 0.1) is 17.6 Å². The van der Waals surface area contributed by atoms with Gasteiger partial charge >= 0.3 is 0 Å². The third kappa shape index (κ3) is 3.12. The van der Waals surface area contributed by atoms with Crippen molar-refractivity contribution in [3.05, 3.63) is 0 Å². The lowest BCUT2D eigenvalue weighted by molar-refractivity contribution is 0.269. The fraction of sp³-hybridized carbons (Fsp3) is 0.875. The molecule has 0 aromatic rings. The lowest BCUT2D eigenvalue weighted by Crippen LogP contribution is -2.36. The highest BCUT2D eigenvalue weighted by atomic mass is 35.5.